The van der Waals surface area contributed by atoms with Crippen LogP contribution in [0.2, 0.25) is 0 Å². The summed E-state index contributed by atoms with van der Waals surface area (Å²) in [5.41, 5.74) is 5.26. The minimum atomic E-state index is 0.264. The van der Waals surface area contributed by atoms with Gasteiger partial charge in [0.05, 0.1) is 11.5 Å². The molecule has 0 aliphatic rings. The molecule has 0 aliphatic heterocycles. The molecule has 0 aliphatic carbocycles. The normalized spacial score (nSPS) is 13.5. The Hall–Kier alpha value is -0.960. The molecule has 0 fully saturated rings. The second-order valence-corrected chi connectivity index (χ2v) is 2.56. The van der Waals surface area contributed by atoms with Gasteiger partial charge in [0.2, 0.25) is 0 Å². The number of nitrogens with two attached hydrogens (primary N) is 1. The summed E-state index contributed by atoms with van der Waals surface area (Å²) in [7, 11) is 0. The lowest BCUT2D eigenvalue weighted by molar-refractivity contribution is 0.380. The predicted octanol–water partition coefficient (Wildman–Crippen LogP) is 2.02. The number of aliphatic hydroxyl groups is 2. The first kappa shape index (κ1) is 11.0. The maximum Gasteiger partial charge on any atom is 0.0924 e. The molecule has 0 aromatic heterocycles. The third-order valence-electron chi connectivity index (χ3n) is 1.47. The monoisotopic (exact) mass is 171 g/mol. The van der Waals surface area contributed by atoms with Gasteiger partial charge in [-0.1, -0.05) is 6.92 Å². The van der Waals surface area contributed by atoms with Gasteiger partial charge in [0.1, 0.15) is 0 Å². The van der Waals surface area contributed by atoms with Crippen molar-refractivity contribution in [3.63, 3.8) is 0 Å². The molecule has 0 unspecified atom stereocenters. The van der Waals surface area contributed by atoms with E-state index in [9.17, 15) is 5.11 Å². The van der Waals surface area contributed by atoms with Crippen LogP contribution in [0.1, 0.15) is 26.2 Å². The van der Waals surface area contributed by atoms with Crippen LogP contribution in [0.15, 0.2) is 23.7 Å². The zero-order valence-electron chi connectivity index (χ0n) is 7.45. The molecule has 0 saturated carbocycles. The fourth-order valence-electron chi connectivity index (χ4n) is 0.677. The highest BCUT2D eigenvalue weighted by Crippen LogP contribution is 2.02. The van der Waals surface area contributed by atoms with E-state index in [4.69, 9.17) is 10.8 Å². The number of rotatable bonds is 5. The van der Waals surface area contributed by atoms with E-state index in [0.29, 0.717) is 19.4 Å². The second-order valence-electron chi connectivity index (χ2n) is 2.56. The smallest absolute Gasteiger partial charge is 0.0924 e. The topological polar surface area (TPSA) is 66.5 Å². The van der Waals surface area contributed by atoms with E-state index in [0.717, 1.165) is 6.42 Å². The molecule has 0 atom stereocenters. The van der Waals surface area contributed by atoms with E-state index in [1.807, 2.05) is 6.92 Å². The van der Waals surface area contributed by atoms with E-state index in [1.54, 1.807) is 0 Å². The molecule has 0 bridgehead atoms. The van der Waals surface area contributed by atoms with E-state index < -0.39 is 0 Å². The molecule has 0 amide bonds. The molecule has 0 saturated heterocycles. The molecular weight excluding hydrogens is 154 g/mol. The first-order chi connectivity index (χ1) is 5.70. The molecule has 0 radical (unpaired) electrons. The Bertz CT molecular complexity index is 173. The first-order valence-corrected chi connectivity index (χ1v) is 4.18. The lowest BCUT2D eigenvalue weighted by atomic mass is 10.2. The van der Waals surface area contributed by atoms with Gasteiger partial charge in [-0.3, -0.25) is 0 Å². The van der Waals surface area contributed by atoms with Gasteiger partial charge in [-0.25, -0.2) is 0 Å². The van der Waals surface area contributed by atoms with E-state index in [2.05, 4.69) is 0 Å². The van der Waals surface area contributed by atoms with Crippen LogP contribution in [-0.4, -0.2) is 16.8 Å². The molecule has 0 rings (SSSR count). The fourth-order valence-corrected chi connectivity index (χ4v) is 0.677. The minimum absolute atomic E-state index is 0.264. The summed E-state index contributed by atoms with van der Waals surface area (Å²) in [6.07, 6.45) is 4.94. The third-order valence-corrected chi connectivity index (χ3v) is 1.47. The number of allylic oxidation sites excluding steroid dienone is 4. The lowest BCUT2D eigenvalue weighted by Gasteiger charge is -1.96. The maximum absolute atomic E-state index is 9.17. The summed E-state index contributed by atoms with van der Waals surface area (Å²) < 4.78 is 0. The van der Waals surface area contributed by atoms with E-state index in [-0.39, 0.29) is 11.5 Å². The SMILES string of the molecule is CC/C(O)=C/C=C(\O)CCCN. The Kier molecular flexibility index (Phi) is 6.19. The largest absolute Gasteiger partial charge is 0.512 e. The van der Waals surface area contributed by atoms with Crippen molar-refractivity contribution in [2.45, 2.75) is 26.2 Å². The zero-order valence-corrected chi connectivity index (χ0v) is 7.45. The van der Waals surface area contributed by atoms with Crippen molar-refractivity contribution >= 4 is 0 Å². The van der Waals surface area contributed by atoms with Crippen LogP contribution in [-0.2, 0) is 0 Å². The van der Waals surface area contributed by atoms with Crippen LogP contribution < -0.4 is 5.73 Å². The Morgan fingerprint density at radius 3 is 2.33 bits per heavy atom. The Morgan fingerprint density at radius 1 is 1.25 bits per heavy atom. The van der Waals surface area contributed by atoms with Crippen LogP contribution in [0, 0.1) is 0 Å². The van der Waals surface area contributed by atoms with Crippen LogP contribution in [0.25, 0.3) is 0 Å². The quantitative estimate of drug-likeness (QED) is 0.438. The van der Waals surface area contributed by atoms with Crippen LogP contribution in [0.5, 0.6) is 0 Å². The lowest BCUT2D eigenvalue weighted by Crippen LogP contribution is -1.98. The highest BCUT2D eigenvalue weighted by atomic mass is 16.3. The predicted molar refractivity (Wildman–Crippen MR) is 50.0 cm³/mol. The summed E-state index contributed by atoms with van der Waals surface area (Å²) in [6, 6.07) is 0. The number of hydrogen-bond acceptors (Lipinski definition) is 3. The van der Waals surface area contributed by atoms with Crippen molar-refractivity contribution in [1.29, 1.82) is 0 Å². The van der Waals surface area contributed by atoms with Crippen molar-refractivity contribution in [3.05, 3.63) is 23.7 Å². The Morgan fingerprint density at radius 2 is 1.83 bits per heavy atom. The van der Waals surface area contributed by atoms with Gasteiger partial charge in [0.15, 0.2) is 0 Å². The van der Waals surface area contributed by atoms with Gasteiger partial charge in [0, 0.05) is 12.8 Å². The Labute approximate surface area is 73.2 Å². The zero-order chi connectivity index (χ0) is 9.40. The van der Waals surface area contributed by atoms with Gasteiger partial charge < -0.3 is 15.9 Å². The number of hydrogen-bond donors (Lipinski definition) is 3. The highest BCUT2D eigenvalue weighted by molar-refractivity contribution is 5.09. The summed E-state index contributed by atoms with van der Waals surface area (Å²) in [4.78, 5) is 0. The molecule has 0 heterocycles. The highest BCUT2D eigenvalue weighted by Gasteiger charge is 1.90. The summed E-state index contributed by atoms with van der Waals surface area (Å²) in [6.45, 7) is 2.41. The van der Waals surface area contributed by atoms with Crippen LogP contribution in [0.3, 0.4) is 0 Å². The molecule has 0 aromatic rings. The molecular formula is C9H17NO2. The van der Waals surface area contributed by atoms with Crippen molar-refractivity contribution in [1.82, 2.24) is 0 Å². The third kappa shape index (κ3) is 5.80. The molecule has 0 spiro atoms. The maximum atomic E-state index is 9.17. The van der Waals surface area contributed by atoms with Crippen molar-refractivity contribution in [2.24, 2.45) is 5.73 Å². The summed E-state index contributed by atoms with van der Waals surface area (Å²) in [5, 5.41) is 18.2. The first-order valence-electron chi connectivity index (χ1n) is 4.18. The fraction of sp³-hybridized carbons (Fsp3) is 0.556. The van der Waals surface area contributed by atoms with Gasteiger partial charge in [0.25, 0.3) is 0 Å². The number of aliphatic hydroxyl groups excluding tert-OH is 2. The van der Waals surface area contributed by atoms with E-state index >= 15 is 0 Å². The molecule has 4 N–H and O–H groups in total. The minimum Gasteiger partial charge on any atom is -0.512 e. The van der Waals surface area contributed by atoms with Crippen LogP contribution >= 0.6 is 0 Å². The summed E-state index contributed by atoms with van der Waals surface area (Å²) in [5.74, 6) is 0.537. The van der Waals surface area contributed by atoms with Crippen molar-refractivity contribution in [2.75, 3.05) is 6.54 Å². The molecule has 12 heavy (non-hydrogen) atoms. The van der Waals surface area contributed by atoms with E-state index in [1.165, 1.54) is 12.2 Å². The van der Waals surface area contributed by atoms with Crippen molar-refractivity contribution in [3.8, 4) is 0 Å². The second kappa shape index (κ2) is 6.73. The van der Waals surface area contributed by atoms with Gasteiger partial charge >= 0.3 is 0 Å². The molecule has 70 valence electrons. The molecule has 3 nitrogen and oxygen atoms in total. The molecule has 3 heteroatoms. The summed E-state index contributed by atoms with van der Waals surface area (Å²) >= 11 is 0. The average molecular weight is 171 g/mol. The average Bonchev–Trinajstić information content (AvgIpc) is 2.10. The van der Waals surface area contributed by atoms with Gasteiger partial charge in [-0.2, -0.15) is 0 Å². The standard InChI is InChI=1S/C9H17NO2/c1-2-8(11)5-6-9(12)4-3-7-10/h5-6,11-12H,2-4,7,10H2,1H3/b8-5-,9-6-. The Balaban J connectivity index is 3.82. The van der Waals surface area contributed by atoms with Crippen molar-refractivity contribution < 1.29 is 10.2 Å². The van der Waals surface area contributed by atoms with Gasteiger partial charge in [-0.05, 0) is 25.1 Å². The van der Waals surface area contributed by atoms with Gasteiger partial charge in [-0.15, -0.1) is 0 Å². The molecule has 0 aromatic carbocycles. The van der Waals surface area contributed by atoms with Crippen LogP contribution in [0.4, 0.5) is 0 Å².